The zero-order valence-electron chi connectivity index (χ0n) is 31.8. The SMILES string of the molecule is CNS(=O)(=O)c1ccccc1C1CCN(CCC(CN(C)C(=O)c2c(C)ccc3ccccc23)c2ccc(Cl)c(Cl)c2)CC1.O=C(O)CC(O)(CC(=O)O)C(=O)O. The van der Waals surface area contributed by atoms with E-state index in [0.717, 1.165) is 71.9 Å². The number of benzene rings is 4. The second-order valence-corrected chi connectivity index (χ2v) is 16.8. The van der Waals surface area contributed by atoms with Crippen LogP contribution in [0.5, 0.6) is 0 Å². The molecule has 0 bridgehead atoms. The smallest absolute Gasteiger partial charge is 0.336 e. The number of carboxylic acid groups (broad SMARTS) is 3. The fourth-order valence-corrected chi connectivity index (χ4v) is 8.42. The number of aliphatic carboxylic acids is 3. The molecule has 4 aromatic rings. The van der Waals surface area contributed by atoms with Crippen molar-refractivity contribution in [2.24, 2.45) is 0 Å². The first-order chi connectivity index (χ1) is 26.9. The van der Waals surface area contributed by atoms with Crippen LogP contribution in [0.4, 0.5) is 0 Å². The first kappa shape index (κ1) is 45.1. The first-order valence-electron chi connectivity index (χ1n) is 18.2. The van der Waals surface area contributed by atoms with Crippen molar-refractivity contribution in [2.75, 3.05) is 40.3 Å². The van der Waals surface area contributed by atoms with E-state index < -0.39 is 46.4 Å². The molecule has 0 saturated carbocycles. The highest BCUT2D eigenvalue weighted by atomic mass is 35.5. The topological polar surface area (TPSA) is 202 Å². The van der Waals surface area contributed by atoms with Gasteiger partial charge in [0.05, 0.1) is 33.3 Å². The summed E-state index contributed by atoms with van der Waals surface area (Å²) in [4.78, 5) is 49.0. The number of hydrogen-bond acceptors (Lipinski definition) is 8. The van der Waals surface area contributed by atoms with E-state index in [1.165, 1.54) is 7.05 Å². The molecular weight excluding hydrogens is 797 g/mol. The van der Waals surface area contributed by atoms with Gasteiger partial charge in [-0.2, -0.15) is 0 Å². The van der Waals surface area contributed by atoms with Gasteiger partial charge in [0, 0.05) is 19.5 Å². The number of sulfonamides is 1. The number of carbonyl (C=O) groups is 4. The molecule has 57 heavy (non-hydrogen) atoms. The van der Waals surface area contributed by atoms with E-state index in [1.807, 2.05) is 79.5 Å². The molecule has 1 atom stereocenters. The summed E-state index contributed by atoms with van der Waals surface area (Å²) < 4.78 is 27.7. The normalized spacial score (nSPS) is 14.4. The monoisotopic (exact) mass is 843 g/mol. The molecule has 1 aliphatic rings. The van der Waals surface area contributed by atoms with Crippen LogP contribution < -0.4 is 4.72 Å². The molecule has 1 unspecified atom stereocenters. The van der Waals surface area contributed by atoms with Gasteiger partial charge in [-0.25, -0.2) is 17.9 Å². The summed E-state index contributed by atoms with van der Waals surface area (Å²) in [6, 6.07) is 25.1. The Bertz CT molecular complexity index is 2190. The molecule has 16 heteroatoms. The number of likely N-dealkylation sites (tertiary alicyclic amines) is 1. The Morgan fingerprint density at radius 1 is 0.895 bits per heavy atom. The zero-order valence-corrected chi connectivity index (χ0v) is 34.1. The van der Waals surface area contributed by atoms with Crippen molar-refractivity contribution in [3.05, 3.63) is 111 Å². The molecule has 5 N–H and O–H groups in total. The number of halogens is 2. The lowest BCUT2D eigenvalue weighted by atomic mass is 9.88. The largest absolute Gasteiger partial charge is 0.481 e. The maximum atomic E-state index is 13.9. The summed E-state index contributed by atoms with van der Waals surface area (Å²) in [5, 5.41) is 36.8. The number of aliphatic hydroxyl groups is 1. The molecule has 0 radical (unpaired) electrons. The van der Waals surface area contributed by atoms with Gasteiger partial charge in [0.1, 0.15) is 0 Å². The summed E-state index contributed by atoms with van der Waals surface area (Å²) in [7, 11) is -0.197. The summed E-state index contributed by atoms with van der Waals surface area (Å²) in [6.45, 7) is 5.11. The summed E-state index contributed by atoms with van der Waals surface area (Å²) in [6.07, 6.45) is 0.307. The van der Waals surface area contributed by atoms with Gasteiger partial charge in [-0.05, 0) is 104 Å². The second-order valence-electron chi connectivity index (χ2n) is 14.2. The van der Waals surface area contributed by atoms with Crippen molar-refractivity contribution in [3.8, 4) is 0 Å². The van der Waals surface area contributed by atoms with Crippen molar-refractivity contribution in [1.29, 1.82) is 0 Å². The van der Waals surface area contributed by atoms with E-state index in [1.54, 1.807) is 12.1 Å². The number of nitrogens with one attached hydrogen (secondary N) is 1. The van der Waals surface area contributed by atoms with Crippen LogP contribution in [-0.2, 0) is 24.4 Å². The molecule has 306 valence electrons. The number of piperidine rings is 1. The van der Waals surface area contributed by atoms with E-state index in [4.69, 9.17) is 43.6 Å². The van der Waals surface area contributed by atoms with Crippen LogP contribution in [0.15, 0.2) is 83.8 Å². The summed E-state index contributed by atoms with van der Waals surface area (Å²) in [5.74, 6) is -4.78. The van der Waals surface area contributed by atoms with Crippen molar-refractivity contribution >= 4 is 67.8 Å². The number of nitrogens with zero attached hydrogens (tertiary/aromatic N) is 2. The molecule has 4 aromatic carbocycles. The second kappa shape index (κ2) is 19.7. The standard InChI is InChI=1S/C35H39Cl2N3O3S.C6H8O7/c1-24-12-13-25-8-4-5-10-30(25)34(24)35(41)39(3)23-28(27-14-15-31(36)32(37)22-27)18-21-40-19-16-26(17-20-40)29-9-6-7-11-33(29)44(42,43)38-2;7-3(8)1-6(13,5(11)12)2-4(9)10/h4-15,22,26,28,38H,16-21,23H2,1-3H3;13H,1-2H2,(H,7,8)(H,9,10)(H,11,12). The molecule has 0 aromatic heterocycles. The van der Waals surface area contributed by atoms with Gasteiger partial charge in [0.2, 0.25) is 10.0 Å². The van der Waals surface area contributed by atoms with Crippen LogP contribution in [0.2, 0.25) is 10.0 Å². The Morgan fingerprint density at radius 2 is 1.51 bits per heavy atom. The van der Waals surface area contributed by atoms with Crippen LogP contribution in [0, 0.1) is 6.92 Å². The highest BCUT2D eigenvalue weighted by molar-refractivity contribution is 7.89. The molecule has 1 saturated heterocycles. The lowest BCUT2D eigenvalue weighted by Gasteiger charge is -2.34. The van der Waals surface area contributed by atoms with Gasteiger partial charge in [-0.3, -0.25) is 14.4 Å². The number of rotatable bonds is 15. The number of carbonyl (C=O) groups excluding carboxylic acids is 1. The minimum atomic E-state index is -3.52. The fourth-order valence-electron chi connectivity index (χ4n) is 7.09. The van der Waals surface area contributed by atoms with E-state index in [0.29, 0.717) is 21.5 Å². The van der Waals surface area contributed by atoms with Crippen molar-refractivity contribution < 1.29 is 48.0 Å². The van der Waals surface area contributed by atoms with Crippen LogP contribution in [-0.4, -0.2) is 108 Å². The Kier molecular flexibility index (Phi) is 15.6. The first-order valence-corrected chi connectivity index (χ1v) is 20.4. The minimum absolute atomic E-state index is 0.000335. The predicted molar refractivity (Wildman–Crippen MR) is 218 cm³/mol. The van der Waals surface area contributed by atoms with Crippen LogP contribution in [0.1, 0.15) is 71.0 Å². The number of likely N-dealkylation sites (N-methyl/N-ethyl adjacent to an activating group) is 1. The average Bonchev–Trinajstić information content (AvgIpc) is 3.17. The molecule has 5 rings (SSSR count). The zero-order chi connectivity index (χ0) is 42.1. The van der Waals surface area contributed by atoms with Crippen molar-refractivity contribution in [1.82, 2.24) is 14.5 Å². The molecule has 13 nitrogen and oxygen atoms in total. The van der Waals surface area contributed by atoms with Crippen molar-refractivity contribution in [2.45, 2.75) is 61.4 Å². The third-order valence-corrected chi connectivity index (χ3v) is 12.4. The molecule has 1 amide bonds. The molecule has 0 spiro atoms. The maximum absolute atomic E-state index is 13.9. The van der Waals surface area contributed by atoms with Gasteiger partial charge in [-0.1, -0.05) is 83.9 Å². The predicted octanol–water partition coefficient (Wildman–Crippen LogP) is 6.24. The number of carboxylic acids is 3. The van der Waals surface area contributed by atoms with Gasteiger partial charge in [0.25, 0.3) is 5.91 Å². The fraction of sp³-hybridized carbons (Fsp3) is 0.366. The average molecular weight is 845 g/mol. The van der Waals surface area contributed by atoms with Crippen molar-refractivity contribution in [3.63, 3.8) is 0 Å². The molecule has 1 fully saturated rings. The number of fused-ring (bicyclic) bond motifs is 1. The van der Waals surface area contributed by atoms with E-state index in [2.05, 4.69) is 15.7 Å². The van der Waals surface area contributed by atoms with Crippen LogP contribution in [0.3, 0.4) is 0 Å². The Hall–Kier alpha value is -4.57. The quantitative estimate of drug-likeness (QED) is 0.0907. The minimum Gasteiger partial charge on any atom is -0.481 e. The van der Waals surface area contributed by atoms with Gasteiger partial charge >= 0.3 is 17.9 Å². The summed E-state index contributed by atoms with van der Waals surface area (Å²) >= 11 is 12.7. The summed E-state index contributed by atoms with van der Waals surface area (Å²) in [5.41, 5.74) is 0.894. The lowest BCUT2D eigenvalue weighted by Crippen LogP contribution is -2.42. The molecule has 1 heterocycles. The van der Waals surface area contributed by atoms with Gasteiger partial charge in [0.15, 0.2) is 5.60 Å². The third kappa shape index (κ3) is 11.7. The maximum Gasteiger partial charge on any atom is 0.336 e. The van der Waals surface area contributed by atoms with Crippen LogP contribution >= 0.6 is 23.2 Å². The van der Waals surface area contributed by atoms with Gasteiger partial charge < -0.3 is 30.2 Å². The number of amides is 1. The molecule has 1 aliphatic heterocycles. The third-order valence-electron chi connectivity index (χ3n) is 10.2. The highest BCUT2D eigenvalue weighted by Crippen LogP contribution is 2.34. The Morgan fingerprint density at radius 3 is 2.11 bits per heavy atom. The van der Waals surface area contributed by atoms with E-state index in [9.17, 15) is 27.6 Å². The van der Waals surface area contributed by atoms with Gasteiger partial charge in [-0.15, -0.1) is 0 Å². The number of aryl methyl sites for hydroxylation is 1. The Labute approximate surface area is 341 Å². The van der Waals surface area contributed by atoms with E-state index >= 15 is 0 Å². The number of hydrogen-bond donors (Lipinski definition) is 5. The van der Waals surface area contributed by atoms with E-state index in [-0.39, 0.29) is 17.7 Å². The molecular formula is C41H47Cl2N3O10S. The lowest BCUT2D eigenvalue weighted by molar-refractivity contribution is -0.170. The highest BCUT2D eigenvalue weighted by Gasteiger charge is 2.41. The Balaban J connectivity index is 0.000000476. The van der Waals surface area contributed by atoms with Crippen LogP contribution in [0.25, 0.3) is 10.8 Å². The molecule has 0 aliphatic carbocycles.